The fraction of sp³-hybridized carbons (Fsp3) is 1.00. The predicted octanol–water partition coefficient (Wildman–Crippen LogP) is 1.73. The van der Waals surface area contributed by atoms with Crippen LogP contribution >= 0.6 is 0 Å². The normalized spacial score (nSPS) is 61.0. The smallest absolute Gasteiger partial charge is 0.117 e. The molecule has 0 bridgehead atoms. The molecule has 0 aromatic carbocycles. The van der Waals surface area contributed by atoms with E-state index in [1.165, 1.54) is 12.8 Å². The zero-order chi connectivity index (χ0) is 8.56. The van der Waals surface area contributed by atoms with Crippen molar-refractivity contribution in [2.75, 3.05) is 0 Å². The quantitative estimate of drug-likeness (QED) is 0.557. The Balaban J connectivity index is 1.84. The average Bonchev–Trinajstić information content (AvgIpc) is 2.76. The van der Waals surface area contributed by atoms with Gasteiger partial charge in [-0.15, -0.1) is 0 Å². The highest BCUT2D eigenvalue weighted by Gasteiger charge is 2.75. The number of hydrogen-bond donors (Lipinski definition) is 0. The van der Waals surface area contributed by atoms with Gasteiger partial charge < -0.3 is 9.47 Å². The molecule has 3 rings (SSSR count). The maximum atomic E-state index is 5.82. The Hall–Kier alpha value is -0.0800. The second-order valence-electron chi connectivity index (χ2n) is 5.00. The van der Waals surface area contributed by atoms with Crippen LogP contribution in [0.2, 0.25) is 0 Å². The summed E-state index contributed by atoms with van der Waals surface area (Å²) in [7, 11) is 0. The molecule has 0 spiro atoms. The van der Waals surface area contributed by atoms with Crippen LogP contribution < -0.4 is 0 Å². The first-order valence-electron chi connectivity index (χ1n) is 4.94. The Bertz CT molecular complexity index is 238. The molecule has 2 nitrogen and oxygen atoms in total. The summed E-state index contributed by atoms with van der Waals surface area (Å²) in [5.74, 6) is 0.649. The van der Waals surface area contributed by atoms with Crippen molar-refractivity contribution in [3.63, 3.8) is 0 Å². The molecule has 0 aromatic rings. The Kier molecular flexibility index (Phi) is 1.06. The van der Waals surface area contributed by atoms with Gasteiger partial charge in [-0.2, -0.15) is 0 Å². The number of fused-ring (bicyclic) bond motifs is 3. The van der Waals surface area contributed by atoms with Crippen molar-refractivity contribution >= 4 is 0 Å². The van der Waals surface area contributed by atoms with E-state index in [0.717, 1.165) is 0 Å². The molecule has 3 aliphatic rings. The fourth-order valence-electron chi connectivity index (χ4n) is 2.76. The van der Waals surface area contributed by atoms with E-state index in [1.807, 2.05) is 0 Å². The third-order valence-corrected chi connectivity index (χ3v) is 3.98. The minimum atomic E-state index is 0.194. The first-order chi connectivity index (χ1) is 5.58. The lowest BCUT2D eigenvalue weighted by Gasteiger charge is -2.21. The molecule has 2 aliphatic heterocycles. The summed E-state index contributed by atoms with van der Waals surface area (Å²) in [5, 5.41) is 0. The van der Waals surface area contributed by atoms with Gasteiger partial charge in [-0.1, -0.05) is 13.8 Å². The molecule has 0 amide bonds. The van der Waals surface area contributed by atoms with E-state index >= 15 is 0 Å². The van der Waals surface area contributed by atoms with E-state index in [2.05, 4.69) is 20.8 Å². The van der Waals surface area contributed by atoms with Gasteiger partial charge in [0.25, 0.3) is 0 Å². The van der Waals surface area contributed by atoms with E-state index in [0.29, 0.717) is 18.1 Å². The molecular weight excluding hydrogens is 152 g/mol. The van der Waals surface area contributed by atoms with E-state index < -0.39 is 0 Å². The second-order valence-corrected chi connectivity index (χ2v) is 5.00. The van der Waals surface area contributed by atoms with Gasteiger partial charge in [0, 0.05) is 0 Å². The van der Waals surface area contributed by atoms with Crippen LogP contribution in [0.15, 0.2) is 0 Å². The zero-order valence-corrected chi connectivity index (χ0v) is 7.96. The van der Waals surface area contributed by atoms with Crippen molar-refractivity contribution in [1.29, 1.82) is 0 Å². The van der Waals surface area contributed by atoms with Crippen molar-refractivity contribution in [2.24, 2.45) is 5.92 Å². The Morgan fingerprint density at radius 1 is 1.17 bits per heavy atom. The summed E-state index contributed by atoms with van der Waals surface area (Å²) >= 11 is 0. The van der Waals surface area contributed by atoms with Gasteiger partial charge in [-0.05, 0) is 25.7 Å². The largest absolute Gasteiger partial charge is 0.363 e. The lowest BCUT2D eigenvalue weighted by Crippen LogP contribution is -2.33. The summed E-state index contributed by atoms with van der Waals surface area (Å²) in [6.45, 7) is 6.72. The van der Waals surface area contributed by atoms with Gasteiger partial charge in [0.15, 0.2) is 0 Å². The fourth-order valence-corrected chi connectivity index (χ4v) is 2.76. The van der Waals surface area contributed by atoms with Crippen LogP contribution in [0.5, 0.6) is 0 Å². The lowest BCUT2D eigenvalue weighted by molar-refractivity contribution is 0.193. The molecule has 12 heavy (non-hydrogen) atoms. The van der Waals surface area contributed by atoms with E-state index in [1.54, 1.807) is 0 Å². The third-order valence-electron chi connectivity index (χ3n) is 3.98. The zero-order valence-electron chi connectivity index (χ0n) is 7.96. The van der Waals surface area contributed by atoms with E-state index in [-0.39, 0.29) is 11.2 Å². The third kappa shape index (κ3) is 0.647. The standard InChI is InChI=1S/C10H16O2/c1-6(2)10-5-4-9(3)7(11-9)8(10)12-10/h6-8H,4-5H2,1-3H3/t7-,8-,9+,10-/m0/s1. The van der Waals surface area contributed by atoms with Crippen molar-refractivity contribution < 1.29 is 9.47 Å². The molecule has 2 saturated heterocycles. The molecule has 0 N–H and O–H groups in total. The van der Waals surface area contributed by atoms with Crippen molar-refractivity contribution in [1.82, 2.24) is 0 Å². The van der Waals surface area contributed by atoms with Gasteiger partial charge in [0.05, 0.1) is 11.2 Å². The number of hydrogen-bond acceptors (Lipinski definition) is 2. The summed E-state index contributed by atoms with van der Waals surface area (Å²) < 4.78 is 11.5. The maximum absolute atomic E-state index is 5.82. The molecule has 0 aromatic heterocycles. The van der Waals surface area contributed by atoms with Crippen LogP contribution in [0.1, 0.15) is 33.6 Å². The highest BCUT2D eigenvalue weighted by atomic mass is 16.7. The molecule has 4 atom stereocenters. The molecule has 0 unspecified atom stereocenters. The summed E-state index contributed by atoms with van der Waals surface area (Å²) in [5.41, 5.74) is 0.403. The van der Waals surface area contributed by atoms with Crippen molar-refractivity contribution in [2.45, 2.75) is 57.0 Å². The SMILES string of the molecule is CC(C)[C@@]12CC[C@@]3(C)O[C@H]3[C@@H]1O2. The van der Waals surface area contributed by atoms with Crippen LogP contribution in [0.25, 0.3) is 0 Å². The van der Waals surface area contributed by atoms with Gasteiger partial charge in [0.2, 0.25) is 0 Å². The molecule has 2 heteroatoms. The first-order valence-corrected chi connectivity index (χ1v) is 4.94. The molecule has 2 heterocycles. The minimum absolute atomic E-state index is 0.194. The molecular formula is C10H16O2. The van der Waals surface area contributed by atoms with Crippen LogP contribution in [-0.2, 0) is 9.47 Å². The van der Waals surface area contributed by atoms with Gasteiger partial charge in [-0.3, -0.25) is 0 Å². The van der Waals surface area contributed by atoms with Crippen LogP contribution in [0.3, 0.4) is 0 Å². The number of epoxide rings is 2. The lowest BCUT2D eigenvalue weighted by atomic mass is 9.77. The first kappa shape index (κ1) is 7.34. The highest BCUT2D eigenvalue weighted by Crippen LogP contribution is 2.63. The Labute approximate surface area is 73.2 Å². The maximum Gasteiger partial charge on any atom is 0.117 e. The molecule has 0 radical (unpaired) electrons. The van der Waals surface area contributed by atoms with E-state index in [4.69, 9.17) is 9.47 Å². The van der Waals surface area contributed by atoms with Gasteiger partial charge in [0.1, 0.15) is 12.2 Å². The van der Waals surface area contributed by atoms with Crippen LogP contribution in [-0.4, -0.2) is 23.4 Å². The number of ether oxygens (including phenoxy) is 2. The number of rotatable bonds is 1. The monoisotopic (exact) mass is 168 g/mol. The van der Waals surface area contributed by atoms with Crippen LogP contribution in [0, 0.1) is 5.92 Å². The second kappa shape index (κ2) is 1.73. The van der Waals surface area contributed by atoms with Crippen molar-refractivity contribution in [3.8, 4) is 0 Å². The van der Waals surface area contributed by atoms with Gasteiger partial charge in [-0.25, -0.2) is 0 Å². The summed E-state index contributed by atoms with van der Waals surface area (Å²) in [4.78, 5) is 0. The van der Waals surface area contributed by atoms with E-state index in [9.17, 15) is 0 Å². The summed E-state index contributed by atoms with van der Waals surface area (Å²) in [6, 6.07) is 0. The average molecular weight is 168 g/mol. The predicted molar refractivity (Wildman–Crippen MR) is 45.0 cm³/mol. The minimum Gasteiger partial charge on any atom is -0.363 e. The highest BCUT2D eigenvalue weighted by molar-refractivity contribution is 5.23. The van der Waals surface area contributed by atoms with Crippen LogP contribution in [0.4, 0.5) is 0 Å². The Morgan fingerprint density at radius 2 is 1.92 bits per heavy atom. The van der Waals surface area contributed by atoms with Crippen molar-refractivity contribution in [3.05, 3.63) is 0 Å². The molecule has 1 saturated carbocycles. The molecule has 1 aliphatic carbocycles. The summed E-state index contributed by atoms with van der Waals surface area (Å²) in [6.07, 6.45) is 3.24. The molecule has 68 valence electrons. The van der Waals surface area contributed by atoms with Gasteiger partial charge >= 0.3 is 0 Å². The Morgan fingerprint density at radius 3 is 2.58 bits per heavy atom. The topological polar surface area (TPSA) is 25.1 Å². The molecule has 3 fully saturated rings.